The first kappa shape index (κ1) is 15.7. The van der Waals surface area contributed by atoms with Gasteiger partial charge in [-0.15, -0.1) is 0 Å². The van der Waals surface area contributed by atoms with E-state index in [2.05, 4.69) is 48.3 Å². The lowest BCUT2D eigenvalue weighted by atomic mass is 9.90. The van der Waals surface area contributed by atoms with Crippen LogP contribution in [0.25, 0.3) is 0 Å². The summed E-state index contributed by atoms with van der Waals surface area (Å²) < 4.78 is 0. The lowest BCUT2D eigenvalue weighted by molar-refractivity contribution is 0.418. The SMILES string of the molecule is CCCc1nc(NC)cc(NC(CC)(CC)CC)n1. The van der Waals surface area contributed by atoms with Crippen molar-refractivity contribution in [2.45, 2.75) is 65.3 Å². The number of hydrogen-bond acceptors (Lipinski definition) is 4. The van der Waals surface area contributed by atoms with Crippen LogP contribution in [0.3, 0.4) is 0 Å². The molecule has 0 fully saturated rings. The van der Waals surface area contributed by atoms with E-state index in [1.807, 2.05) is 13.1 Å². The Morgan fingerprint density at radius 1 is 1.00 bits per heavy atom. The highest BCUT2D eigenvalue weighted by Gasteiger charge is 2.24. The zero-order valence-corrected chi connectivity index (χ0v) is 13.0. The van der Waals surface area contributed by atoms with E-state index in [4.69, 9.17) is 0 Å². The molecule has 1 aromatic rings. The summed E-state index contributed by atoms with van der Waals surface area (Å²) in [6, 6.07) is 1.99. The van der Waals surface area contributed by atoms with Crippen molar-refractivity contribution in [2.75, 3.05) is 17.7 Å². The van der Waals surface area contributed by atoms with Gasteiger partial charge in [-0.3, -0.25) is 0 Å². The van der Waals surface area contributed by atoms with Gasteiger partial charge in [0.25, 0.3) is 0 Å². The molecule has 0 spiro atoms. The van der Waals surface area contributed by atoms with Crippen LogP contribution in [0.5, 0.6) is 0 Å². The minimum Gasteiger partial charge on any atom is -0.373 e. The Bertz CT molecular complexity index is 377. The molecule has 4 nitrogen and oxygen atoms in total. The van der Waals surface area contributed by atoms with Crippen molar-refractivity contribution < 1.29 is 0 Å². The van der Waals surface area contributed by atoms with Crippen LogP contribution in [-0.4, -0.2) is 22.6 Å². The van der Waals surface area contributed by atoms with E-state index in [-0.39, 0.29) is 5.54 Å². The quantitative estimate of drug-likeness (QED) is 0.748. The Morgan fingerprint density at radius 2 is 1.58 bits per heavy atom. The van der Waals surface area contributed by atoms with Gasteiger partial charge < -0.3 is 10.6 Å². The minimum atomic E-state index is 0.142. The maximum Gasteiger partial charge on any atom is 0.133 e. The fourth-order valence-corrected chi connectivity index (χ4v) is 2.31. The van der Waals surface area contributed by atoms with Crippen LogP contribution in [0, 0.1) is 0 Å². The Labute approximate surface area is 117 Å². The van der Waals surface area contributed by atoms with Crippen molar-refractivity contribution in [2.24, 2.45) is 0 Å². The maximum atomic E-state index is 4.64. The van der Waals surface area contributed by atoms with Crippen molar-refractivity contribution in [3.8, 4) is 0 Å². The Hall–Kier alpha value is -1.32. The molecule has 0 aliphatic carbocycles. The van der Waals surface area contributed by atoms with Crippen molar-refractivity contribution in [1.82, 2.24) is 9.97 Å². The molecule has 0 saturated heterocycles. The lowest BCUT2D eigenvalue weighted by Gasteiger charge is -2.32. The molecule has 0 radical (unpaired) electrons. The van der Waals surface area contributed by atoms with E-state index in [0.717, 1.165) is 49.6 Å². The fourth-order valence-electron chi connectivity index (χ4n) is 2.31. The van der Waals surface area contributed by atoms with E-state index in [0.29, 0.717) is 0 Å². The summed E-state index contributed by atoms with van der Waals surface area (Å²) in [7, 11) is 1.90. The zero-order chi connectivity index (χ0) is 14.3. The van der Waals surface area contributed by atoms with E-state index in [1.165, 1.54) is 0 Å². The van der Waals surface area contributed by atoms with Gasteiger partial charge in [-0.2, -0.15) is 0 Å². The van der Waals surface area contributed by atoms with Crippen LogP contribution < -0.4 is 10.6 Å². The predicted molar refractivity (Wildman–Crippen MR) is 82.8 cm³/mol. The first-order valence-electron chi connectivity index (χ1n) is 7.46. The number of nitrogens with one attached hydrogen (secondary N) is 2. The van der Waals surface area contributed by atoms with Crippen molar-refractivity contribution in [3.05, 3.63) is 11.9 Å². The molecule has 1 aromatic heterocycles. The average Bonchev–Trinajstić information content (AvgIpc) is 2.45. The van der Waals surface area contributed by atoms with Crippen LogP contribution in [-0.2, 0) is 6.42 Å². The molecular formula is C15H28N4. The second-order valence-corrected chi connectivity index (χ2v) is 5.02. The summed E-state index contributed by atoms with van der Waals surface area (Å²) in [6.45, 7) is 8.84. The zero-order valence-electron chi connectivity index (χ0n) is 13.0. The second kappa shape index (κ2) is 7.31. The summed E-state index contributed by atoms with van der Waals surface area (Å²) in [5.74, 6) is 2.74. The van der Waals surface area contributed by atoms with E-state index >= 15 is 0 Å². The number of rotatable bonds is 8. The van der Waals surface area contributed by atoms with Gasteiger partial charge in [0.05, 0.1) is 0 Å². The summed E-state index contributed by atoms with van der Waals surface area (Å²) >= 11 is 0. The van der Waals surface area contributed by atoms with Crippen LogP contribution in [0.1, 0.15) is 59.2 Å². The highest BCUT2D eigenvalue weighted by Crippen LogP contribution is 2.25. The molecule has 0 saturated carbocycles. The van der Waals surface area contributed by atoms with Gasteiger partial charge in [-0.05, 0) is 25.7 Å². The molecule has 0 bridgehead atoms. The van der Waals surface area contributed by atoms with Crippen molar-refractivity contribution in [3.63, 3.8) is 0 Å². The van der Waals surface area contributed by atoms with Crippen LogP contribution in [0.4, 0.5) is 11.6 Å². The van der Waals surface area contributed by atoms with Gasteiger partial charge in [0, 0.05) is 25.1 Å². The second-order valence-electron chi connectivity index (χ2n) is 5.02. The normalized spacial score (nSPS) is 11.4. The predicted octanol–water partition coefficient (Wildman–Crippen LogP) is 3.85. The van der Waals surface area contributed by atoms with Crippen LogP contribution in [0.2, 0.25) is 0 Å². The Kier molecular flexibility index (Phi) is 6.06. The summed E-state index contributed by atoms with van der Waals surface area (Å²) in [5.41, 5.74) is 0.142. The number of nitrogens with zero attached hydrogens (tertiary/aromatic N) is 2. The molecule has 0 aliphatic rings. The van der Waals surface area contributed by atoms with Gasteiger partial charge in [0.15, 0.2) is 0 Å². The molecule has 0 atom stereocenters. The third-order valence-electron chi connectivity index (χ3n) is 3.93. The van der Waals surface area contributed by atoms with E-state index in [1.54, 1.807) is 0 Å². The molecule has 4 heteroatoms. The van der Waals surface area contributed by atoms with Gasteiger partial charge in [-0.1, -0.05) is 27.7 Å². The molecule has 0 aromatic carbocycles. The molecular weight excluding hydrogens is 236 g/mol. The van der Waals surface area contributed by atoms with E-state index in [9.17, 15) is 0 Å². The highest BCUT2D eigenvalue weighted by molar-refractivity contribution is 5.48. The molecule has 2 N–H and O–H groups in total. The first-order chi connectivity index (χ1) is 9.12. The molecule has 19 heavy (non-hydrogen) atoms. The van der Waals surface area contributed by atoms with Gasteiger partial charge >= 0.3 is 0 Å². The van der Waals surface area contributed by atoms with Crippen molar-refractivity contribution >= 4 is 11.6 Å². The summed E-state index contributed by atoms with van der Waals surface area (Å²) in [6.07, 6.45) is 5.28. The Balaban J connectivity index is 3.01. The molecule has 0 amide bonds. The number of aryl methyl sites for hydroxylation is 1. The maximum absolute atomic E-state index is 4.64. The smallest absolute Gasteiger partial charge is 0.133 e. The third kappa shape index (κ3) is 4.08. The molecule has 0 aliphatic heterocycles. The van der Waals surface area contributed by atoms with Crippen LogP contribution >= 0.6 is 0 Å². The summed E-state index contributed by atoms with van der Waals surface area (Å²) in [4.78, 5) is 9.12. The standard InChI is InChI=1S/C15H28N4/c1-6-10-12-17-13(16-5)11-14(18-12)19-15(7-2,8-3)9-4/h11H,6-10H2,1-5H3,(H2,16,17,18,19). The molecule has 1 rings (SSSR count). The highest BCUT2D eigenvalue weighted by atomic mass is 15.1. The first-order valence-corrected chi connectivity index (χ1v) is 7.46. The number of aromatic nitrogens is 2. The monoisotopic (exact) mass is 264 g/mol. The topological polar surface area (TPSA) is 49.8 Å². The average molecular weight is 264 g/mol. The largest absolute Gasteiger partial charge is 0.373 e. The fraction of sp³-hybridized carbons (Fsp3) is 0.733. The van der Waals surface area contributed by atoms with Crippen LogP contribution in [0.15, 0.2) is 6.07 Å². The van der Waals surface area contributed by atoms with E-state index < -0.39 is 0 Å². The molecule has 0 unspecified atom stereocenters. The van der Waals surface area contributed by atoms with Gasteiger partial charge in [0.2, 0.25) is 0 Å². The minimum absolute atomic E-state index is 0.142. The number of hydrogen-bond donors (Lipinski definition) is 2. The molecule has 1 heterocycles. The molecule has 108 valence electrons. The van der Waals surface area contributed by atoms with Gasteiger partial charge in [0.1, 0.15) is 17.5 Å². The lowest BCUT2D eigenvalue weighted by Crippen LogP contribution is -2.36. The third-order valence-corrected chi connectivity index (χ3v) is 3.93. The summed E-state index contributed by atoms with van der Waals surface area (Å²) in [5, 5.41) is 6.74. The number of anilines is 2. The van der Waals surface area contributed by atoms with Crippen molar-refractivity contribution in [1.29, 1.82) is 0 Å². The van der Waals surface area contributed by atoms with Gasteiger partial charge in [-0.25, -0.2) is 9.97 Å². The Morgan fingerprint density at radius 3 is 2.05 bits per heavy atom.